The number of ether oxygens (including phenoxy) is 3. The van der Waals surface area contributed by atoms with Crippen LogP contribution in [0.15, 0.2) is 24.3 Å². The summed E-state index contributed by atoms with van der Waals surface area (Å²) in [6, 6.07) is 7.57. The number of cyclic esters (lactones) is 1. The highest BCUT2D eigenvalue weighted by Gasteiger charge is 2.43. The third-order valence-corrected chi connectivity index (χ3v) is 7.95. The summed E-state index contributed by atoms with van der Waals surface area (Å²) in [7, 11) is 0. The van der Waals surface area contributed by atoms with E-state index < -0.39 is 24.1 Å². The lowest BCUT2D eigenvalue weighted by atomic mass is 9.93. The van der Waals surface area contributed by atoms with Crippen molar-refractivity contribution in [1.29, 1.82) is 5.26 Å². The van der Waals surface area contributed by atoms with Crippen molar-refractivity contribution in [3.05, 3.63) is 69.0 Å². The standard InChI is InChI=1S/C28H27F4N3O5/c1-15-19(5-6-23(29)21(15)9-33)25(40-27(37)28(30,31)32)11-34-7-8-35-12-24(38-13-17(35)10-34)18-3-4-20-22(16(18)2)14-39-26(20)36/h3-6,17,24-25H,7-8,10-14H2,1-2H3/t17-,24-,25?/m0/s1. The molecule has 3 atom stereocenters. The van der Waals surface area contributed by atoms with E-state index in [1.165, 1.54) is 13.0 Å². The van der Waals surface area contributed by atoms with E-state index in [2.05, 4.69) is 4.90 Å². The van der Waals surface area contributed by atoms with Gasteiger partial charge in [0.05, 0.1) is 23.8 Å². The molecule has 212 valence electrons. The number of piperazine rings is 1. The van der Waals surface area contributed by atoms with Crippen LogP contribution in [-0.4, -0.2) is 73.3 Å². The molecule has 3 aliphatic heterocycles. The second-order valence-corrected chi connectivity index (χ2v) is 10.3. The van der Waals surface area contributed by atoms with Gasteiger partial charge in [0.1, 0.15) is 24.6 Å². The molecule has 0 aromatic heterocycles. The monoisotopic (exact) mass is 561 g/mol. The maximum atomic E-state index is 14.1. The quantitative estimate of drug-likeness (QED) is 0.401. The third kappa shape index (κ3) is 5.29. The average Bonchev–Trinajstić information content (AvgIpc) is 3.29. The molecule has 0 saturated carbocycles. The van der Waals surface area contributed by atoms with Gasteiger partial charge in [-0.2, -0.15) is 18.4 Å². The minimum atomic E-state index is -5.20. The van der Waals surface area contributed by atoms with Crippen LogP contribution in [0.4, 0.5) is 17.6 Å². The maximum Gasteiger partial charge on any atom is 0.490 e. The molecule has 0 N–H and O–H groups in total. The third-order valence-electron chi connectivity index (χ3n) is 7.95. The molecule has 3 aliphatic rings. The lowest BCUT2D eigenvalue weighted by molar-refractivity contribution is -0.206. The molecule has 0 bridgehead atoms. The van der Waals surface area contributed by atoms with Crippen molar-refractivity contribution in [1.82, 2.24) is 9.80 Å². The van der Waals surface area contributed by atoms with Crippen LogP contribution in [0.1, 0.15) is 55.9 Å². The normalized spacial score (nSPS) is 22.2. The molecular formula is C28H27F4N3O5. The predicted molar refractivity (Wildman–Crippen MR) is 132 cm³/mol. The van der Waals surface area contributed by atoms with Crippen LogP contribution in [0.25, 0.3) is 0 Å². The molecule has 40 heavy (non-hydrogen) atoms. The number of halogens is 4. The van der Waals surface area contributed by atoms with Crippen LogP contribution < -0.4 is 0 Å². The summed E-state index contributed by atoms with van der Waals surface area (Å²) in [6.07, 6.45) is -6.77. The lowest BCUT2D eigenvalue weighted by Crippen LogP contribution is -2.59. The number of rotatable bonds is 5. The van der Waals surface area contributed by atoms with E-state index in [1.807, 2.05) is 17.9 Å². The van der Waals surface area contributed by atoms with Gasteiger partial charge in [0.25, 0.3) is 0 Å². The van der Waals surface area contributed by atoms with Gasteiger partial charge >= 0.3 is 18.1 Å². The van der Waals surface area contributed by atoms with Crippen molar-refractivity contribution in [2.75, 3.05) is 39.3 Å². The second kappa shape index (κ2) is 10.8. The molecule has 2 saturated heterocycles. The number of esters is 2. The number of nitriles is 1. The highest BCUT2D eigenvalue weighted by molar-refractivity contribution is 5.94. The largest absolute Gasteiger partial charge is 0.490 e. The highest BCUT2D eigenvalue weighted by atomic mass is 19.4. The molecule has 2 fully saturated rings. The van der Waals surface area contributed by atoms with Crippen molar-refractivity contribution in [3.8, 4) is 6.07 Å². The first-order valence-electron chi connectivity index (χ1n) is 12.8. The Balaban J connectivity index is 1.30. The smallest absolute Gasteiger partial charge is 0.457 e. The Kier molecular flexibility index (Phi) is 7.56. The highest BCUT2D eigenvalue weighted by Crippen LogP contribution is 2.35. The van der Waals surface area contributed by atoms with E-state index in [4.69, 9.17) is 14.2 Å². The van der Waals surface area contributed by atoms with E-state index in [9.17, 15) is 32.4 Å². The van der Waals surface area contributed by atoms with Crippen LogP contribution in [0.3, 0.4) is 0 Å². The molecule has 1 unspecified atom stereocenters. The van der Waals surface area contributed by atoms with Gasteiger partial charge in [0, 0.05) is 44.3 Å². The van der Waals surface area contributed by atoms with E-state index in [0.717, 1.165) is 22.8 Å². The molecule has 3 heterocycles. The van der Waals surface area contributed by atoms with Crippen LogP contribution >= 0.6 is 0 Å². The van der Waals surface area contributed by atoms with Crippen LogP contribution in [0.2, 0.25) is 0 Å². The Morgan fingerprint density at radius 2 is 1.95 bits per heavy atom. The first kappa shape index (κ1) is 28.0. The van der Waals surface area contributed by atoms with E-state index in [-0.39, 0.29) is 48.0 Å². The van der Waals surface area contributed by atoms with Crippen molar-refractivity contribution in [2.45, 2.75) is 44.9 Å². The lowest BCUT2D eigenvalue weighted by Gasteiger charge is -2.47. The van der Waals surface area contributed by atoms with Gasteiger partial charge in [-0.05, 0) is 48.2 Å². The molecule has 8 nitrogen and oxygen atoms in total. The SMILES string of the molecule is Cc1c(C(CN2CCN3C[C@@H](c4ccc5c(c4C)COC5=O)OC[C@@H]3C2)OC(=O)C(F)(F)F)ccc(F)c1C#N. The molecule has 12 heteroatoms. The number of hydrogen-bond donors (Lipinski definition) is 0. The van der Waals surface area contributed by atoms with Crippen molar-refractivity contribution >= 4 is 11.9 Å². The number of carbonyl (C=O) groups excluding carboxylic acids is 2. The van der Waals surface area contributed by atoms with Crippen LogP contribution in [0.5, 0.6) is 0 Å². The number of fused-ring (bicyclic) bond motifs is 2. The zero-order valence-corrected chi connectivity index (χ0v) is 21.9. The molecule has 2 aromatic carbocycles. The fraction of sp³-hybridized carbons (Fsp3) is 0.464. The molecule has 2 aromatic rings. The van der Waals surface area contributed by atoms with Crippen molar-refractivity contribution in [3.63, 3.8) is 0 Å². The van der Waals surface area contributed by atoms with Gasteiger partial charge in [-0.3, -0.25) is 9.80 Å². The second-order valence-electron chi connectivity index (χ2n) is 10.3. The zero-order chi connectivity index (χ0) is 28.8. The predicted octanol–water partition coefficient (Wildman–Crippen LogP) is 3.89. The summed E-state index contributed by atoms with van der Waals surface area (Å²) in [4.78, 5) is 27.8. The number of hydrogen-bond acceptors (Lipinski definition) is 8. The van der Waals surface area contributed by atoms with Gasteiger partial charge < -0.3 is 14.2 Å². The molecule has 5 rings (SSSR count). The molecular weight excluding hydrogens is 534 g/mol. The Morgan fingerprint density at radius 3 is 2.67 bits per heavy atom. The Bertz CT molecular complexity index is 1390. The van der Waals surface area contributed by atoms with Crippen LogP contribution in [0, 0.1) is 31.0 Å². The van der Waals surface area contributed by atoms with Gasteiger partial charge in [-0.15, -0.1) is 0 Å². The summed E-state index contributed by atoms with van der Waals surface area (Å²) >= 11 is 0. The first-order valence-corrected chi connectivity index (χ1v) is 12.8. The van der Waals surface area contributed by atoms with E-state index >= 15 is 0 Å². The number of alkyl halides is 3. The summed E-state index contributed by atoms with van der Waals surface area (Å²) in [5.41, 5.74) is 3.35. The zero-order valence-electron chi connectivity index (χ0n) is 21.9. The summed E-state index contributed by atoms with van der Waals surface area (Å²) < 4.78 is 69.6. The summed E-state index contributed by atoms with van der Waals surface area (Å²) in [6.45, 7) is 6.04. The van der Waals surface area contributed by atoms with Crippen LogP contribution in [-0.2, 0) is 25.6 Å². The van der Waals surface area contributed by atoms with E-state index in [0.29, 0.717) is 38.3 Å². The Morgan fingerprint density at radius 1 is 1.18 bits per heavy atom. The molecule has 0 radical (unpaired) electrons. The molecule has 0 spiro atoms. The van der Waals surface area contributed by atoms with Crippen molar-refractivity contribution < 1.29 is 41.4 Å². The maximum absolute atomic E-state index is 14.1. The Hall–Kier alpha value is -3.53. The molecule has 0 amide bonds. The van der Waals surface area contributed by atoms with Crippen molar-refractivity contribution in [2.24, 2.45) is 0 Å². The van der Waals surface area contributed by atoms with E-state index in [1.54, 1.807) is 12.1 Å². The topological polar surface area (TPSA) is 92.1 Å². The number of benzene rings is 2. The minimum Gasteiger partial charge on any atom is -0.457 e. The summed E-state index contributed by atoms with van der Waals surface area (Å²) in [5.74, 6) is -3.48. The fourth-order valence-corrected chi connectivity index (χ4v) is 5.73. The average molecular weight is 562 g/mol. The summed E-state index contributed by atoms with van der Waals surface area (Å²) in [5, 5.41) is 9.32. The molecule has 0 aliphatic carbocycles. The first-order chi connectivity index (χ1) is 19.0. The van der Waals surface area contributed by atoms with Gasteiger partial charge in [-0.1, -0.05) is 12.1 Å². The number of morpholine rings is 1. The van der Waals surface area contributed by atoms with Gasteiger partial charge in [0.2, 0.25) is 0 Å². The number of nitrogens with zero attached hydrogens (tertiary/aromatic N) is 3. The van der Waals surface area contributed by atoms with Gasteiger partial charge in [0.15, 0.2) is 0 Å². The fourth-order valence-electron chi connectivity index (χ4n) is 5.73. The van der Waals surface area contributed by atoms with Gasteiger partial charge in [-0.25, -0.2) is 14.0 Å². The minimum absolute atomic E-state index is 0.0485. The number of carbonyl (C=O) groups is 2. The Labute approximate surface area is 228 Å².